The van der Waals surface area contributed by atoms with Crippen LogP contribution in [0, 0.1) is 23.2 Å². The molecule has 0 unspecified atom stereocenters. The number of esters is 1. The zero-order valence-corrected chi connectivity index (χ0v) is 31.0. The third-order valence-corrected chi connectivity index (χ3v) is 10.8. The van der Waals surface area contributed by atoms with E-state index in [0.717, 1.165) is 5.04 Å². The molecule has 268 valence electrons. The van der Waals surface area contributed by atoms with Gasteiger partial charge in [-0.2, -0.15) is 0 Å². The van der Waals surface area contributed by atoms with E-state index in [1.54, 1.807) is 25.6 Å². The predicted octanol–water partition coefficient (Wildman–Crippen LogP) is 3.05. The lowest BCUT2D eigenvalue weighted by atomic mass is 9.81. The standard InChI is InChI=1S/C34H59N5O7S/c1-12-19(3)28-32(44)39(11)23(7)33(45)46-26(34(8,9)10)16-18(2)15-25(40)20(4)31-37-24(17-47-31)13-14-27(41)35-21(5)29(42)36-22(6)30(43)38-28/h18-26,28,40H,12-17H2,1-11H3,(H,35,41)(H,36,42)(H,38,43)/t18-,19-,20-,21-,22-,23-,24-,25-,26-,28-/m0/s1. The van der Waals surface area contributed by atoms with Gasteiger partial charge in [-0.15, -0.1) is 11.8 Å². The maximum Gasteiger partial charge on any atom is 0.328 e. The summed E-state index contributed by atoms with van der Waals surface area (Å²) in [5.74, 6) is -2.11. The van der Waals surface area contributed by atoms with Crippen molar-refractivity contribution in [2.45, 2.75) is 144 Å². The third-order valence-electron chi connectivity index (χ3n) is 9.46. The van der Waals surface area contributed by atoms with Crippen LogP contribution in [0.4, 0.5) is 0 Å². The summed E-state index contributed by atoms with van der Waals surface area (Å²) in [5.41, 5.74) is -0.400. The minimum absolute atomic E-state index is 0.0189. The van der Waals surface area contributed by atoms with Crippen LogP contribution >= 0.6 is 11.8 Å². The second kappa shape index (κ2) is 17.6. The first-order chi connectivity index (χ1) is 21.8. The molecule has 2 bridgehead atoms. The normalized spacial score (nSPS) is 34.2. The van der Waals surface area contributed by atoms with Gasteiger partial charge in [-0.1, -0.05) is 54.9 Å². The van der Waals surface area contributed by atoms with Crippen molar-refractivity contribution >= 4 is 46.4 Å². The van der Waals surface area contributed by atoms with Crippen LogP contribution in [0.5, 0.6) is 0 Å². The Balaban J connectivity index is 2.37. The van der Waals surface area contributed by atoms with E-state index < -0.39 is 65.5 Å². The summed E-state index contributed by atoms with van der Waals surface area (Å²) in [4.78, 5) is 72.0. The van der Waals surface area contributed by atoms with Gasteiger partial charge < -0.3 is 30.7 Å². The zero-order valence-electron chi connectivity index (χ0n) is 30.2. The van der Waals surface area contributed by atoms with Crippen LogP contribution < -0.4 is 16.0 Å². The number of amides is 4. The van der Waals surface area contributed by atoms with Gasteiger partial charge in [0.25, 0.3) is 0 Å². The van der Waals surface area contributed by atoms with Crippen LogP contribution in [-0.4, -0.2) is 99.9 Å². The highest BCUT2D eigenvalue weighted by molar-refractivity contribution is 8.14. The molecule has 0 radical (unpaired) electrons. The van der Waals surface area contributed by atoms with Gasteiger partial charge in [-0.05, 0) is 57.3 Å². The Hall–Kier alpha value is -2.67. The second-order valence-electron chi connectivity index (χ2n) is 14.7. The summed E-state index contributed by atoms with van der Waals surface area (Å²) in [6.07, 6.45) is 1.15. The molecular weight excluding hydrogens is 622 g/mol. The molecule has 0 aromatic rings. The number of aliphatic hydroxyl groups excluding tert-OH is 1. The van der Waals surface area contributed by atoms with Crippen LogP contribution in [0.2, 0.25) is 0 Å². The highest BCUT2D eigenvalue weighted by Gasteiger charge is 2.38. The fourth-order valence-electron chi connectivity index (χ4n) is 5.50. The lowest BCUT2D eigenvalue weighted by Gasteiger charge is -2.36. The van der Waals surface area contributed by atoms with Crippen molar-refractivity contribution in [2.75, 3.05) is 12.8 Å². The minimum Gasteiger partial charge on any atom is -0.460 e. The lowest BCUT2D eigenvalue weighted by Crippen LogP contribution is -2.58. The van der Waals surface area contributed by atoms with E-state index in [-0.39, 0.29) is 36.1 Å². The van der Waals surface area contributed by atoms with Gasteiger partial charge in [-0.3, -0.25) is 24.2 Å². The third kappa shape index (κ3) is 11.8. The molecule has 0 fully saturated rings. The molecule has 2 rings (SSSR count). The largest absolute Gasteiger partial charge is 0.460 e. The Bertz CT molecular complexity index is 1160. The quantitative estimate of drug-likeness (QED) is 0.323. The number of aliphatic imine (C=N–C) groups is 1. The van der Waals surface area contributed by atoms with Gasteiger partial charge >= 0.3 is 5.97 Å². The molecule has 0 aliphatic carbocycles. The van der Waals surface area contributed by atoms with E-state index in [1.807, 2.05) is 48.5 Å². The number of nitrogens with zero attached hydrogens (tertiary/aromatic N) is 2. The van der Waals surface area contributed by atoms with E-state index in [9.17, 15) is 29.1 Å². The number of cyclic esters (lactones) is 1. The molecular formula is C34H59N5O7S. The number of aliphatic hydroxyl groups is 1. The molecule has 4 amide bonds. The highest BCUT2D eigenvalue weighted by atomic mass is 32.2. The highest BCUT2D eigenvalue weighted by Crippen LogP contribution is 2.33. The average molecular weight is 682 g/mol. The van der Waals surface area contributed by atoms with Gasteiger partial charge in [0.2, 0.25) is 23.6 Å². The van der Waals surface area contributed by atoms with Crippen LogP contribution in [0.25, 0.3) is 0 Å². The van der Waals surface area contributed by atoms with Gasteiger partial charge in [0.05, 0.1) is 17.2 Å². The van der Waals surface area contributed by atoms with Crippen LogP contribution in [-0.2, 0) is 28.7 Å². The van der Waals surface area contributed by atoms with E-state index in [0.29, 0.717) is 31.4 Å². The molecule has 2 aliphatic rings. The van der Waals surface area contributed by atoms with Gasteiger partial charge in [-0.25, -0.2) is 4.79 Å². The molecule has 0 spiro atoms. The smallest absolute Gasteiger partial charge is 0.328 e. The summed E-state index contributed by atoms with van der Waals surface area (Å²) in [7, 11) is 1.51. The molecule has 13 heteroatoms. The molecule has 47 heavy (non-hydrogen) atoms. The van der Waals surface area contributed by atoms with Crippen molar-refractivity contribution in [3.63, 3.8) is 0 Å². The monoisotopic (exact) mass is 681 g/mol. The molecule has 0 saturated carbocycles. The Morgan fingerprint density at radius 2 is 1.57 bits per heavy atom. The molecule has 0 aromatic heterocycles. The number of fused-ring (bicyclic) bond motifs is 1. The summed E-state index contributed by atoms with van der Waals surface area (Å²) in [6, 6.07) is -3.82. The van der Waals surface area contributed by atoms with E-state index in [2.05, 4.69) is 16.0 Å². The van der Waals surface area contributed by atoms with E-state index in [1.165, 1.54) is 18.9 Å². The SMILES string of the molecule is CC[C@H](C)[C@@H]1NC(=O)[C@H](C)NC(=O)[C@H](C)NC(=O)CC[C@H]2CSC(=N2)[C@@H](C)[C@@H](O)C[C@H](C)C[C@@H](C(C)(C)C)OC(=O)[C@H](C)N(C)C1=O. The fraction of sp³-hybridized carbons (Fsp3) is 0.824. The fourth-order valence-corrected chi connectivity index (χ4v) is 6.75. The molecule has 4 N–H and O–H groups in total. The van der Waals surface area contributed by atoms with Crippen molar-refractivity contribution in [3.8, 4) is 0 Å². The van der Waals surface area contributed by atoms with Crippen molar-refractivity contribution in [3.05, 3.63) is 0 Å². The minimum atomic E-state index is -0.987. The van der Waals surface area contributed by atoms with Crippen molar-refractivity contribution in [2.24, 2.45) is 28.2 Å². The number of hydrogen-bond acceptors (Lipinski definition) is 9. The first-order valence-electron chi connectivity index (χ1n) is 17.0. The first-order valence-corrected chi connectivity index (χ1v) is 18.0. The van der Waals surface area contributed by atoms with Crippen molar-refractivity contribution < 1.29 is 33.8 Å². The lowest BCUT2D eigenvalue weighted by molar-refractivity contribution is -0.164. The Morgan fingerprint density at radius 3 is 2.17 bits per heavy atom. The Labute approximate surface area is 285 Å². The Morgan fingerprint density at radius 1 is 0.979 bits per heavy atom. The number of ether oxygens (including phenoxy) is 1. The van der Waals surface area contributed by atoms with Crippen molar-refractivity contribution in [1.29, 1.82) is 0 Å². The summed E-state index contributed by atoms with van der Waals surface area (Å²) in [5, 5.41) is 20.1. The number of hydrogen-bond donors (Lipinski definition) is 4. The van der Waals surface area contributed by atoms with Gasteiger partial charge in [0.15, 0.2) is 0 Å². The topological polar surface area (TPSA) is 166 Å². The second-order valence-corrected chi connectivity index (χ2v) is 15.8. The average Bonchev–Trinajstić information content (AvgIpc) is 3.48. The molecule has 2 heterocycles. The van der Waals surface area contributed by atoms with E-state index in [4.69, 9.17) is 9.73 Å². The number of carbonyl (C=O) groups excluding carboxylic acids is 5. The summed E-state index contributed by atoms with van der Waals surface area (Å²) >= 11 is 1.59. The van der Waals surface area contributed by atoms with Crippen molar-refractivity contribution in [1.82, 2.24) is 20.9 Å². The summed E-state index contributed by atoms with van der Waals surface area (Å²) < 4.78 is 6.06. The maximum absolute atomic E-state index is 13.7. The van der Waals surface area contributed by atoms with Crippen LogP contribution in [0.3, 0.4) is 0 Å². The van der Waals surface area contributed by atoms with Crippen LogP contribution in [0.15, 0.2) is 4.99 Å². The molecule has 10 atom stereocenters. The number of likely N-dealkylation sites (N-methyl/N-ethyl adjacent to an activating group) is 1. The molecule has 0 saturated heterocycles. The molecule has 2 aliphatic heterocycles. The van der Waals surface area contributed by atoms with E-state index >= 15 is 0 Å². The first kappa shape index (κ1) is 40.5. The summed E-state index contributed by atoms with van der Waals surface area (Å²) in [6.45, 7) is 18.3. The molecule has 0 aromatic carbocycles. The number of nitrogens with one attached hydrogen (secondary N) is 3. The number of rotatable bonds is 2. The maximum atomic E-state index is 13.7. The number of carbonyl (C=O) groups is 5. The number of thioether (sulfide) groups is 1. The Kier molecular flexibility index (Phi) is 15.2. The van der Waals surface area contributed by atoms with Gasteiger partial charge in [0.1, 0.15) is 30.3 Å². The zero-order chi connectivity index (χ0) is 35.8. The molecule has 12 nitrogen and oxygen atoms in total. The van der Waals surface area contributed by atoms with Gasteiger partial charge in [0, 0.05) is 25.1 Å². The van der Waals surface area contributed by atoms with Crippen LogP contribution in [0.1, 0.15) is 101 Å². The predicted molar refractivity (Wildman–Crippen MR) is 185 cm³/mol.